The predicted octanol–water partition coefficient (Wildman–Crippen LogP) is 1.37. The van der Waals surface area contributed by atoms with E-state index in [1.54, 1.807) is 0 Å². The van der Waals surface area contributed by atoms with Gasteiger partial charge < -0.3 is 14.7 Å². The van der Waals surface area contributed by atoms with Crippen LogP contribution < -0.4 is 0 Å². The molecule has 18 heavy (non-hydrogen) atoms. The van der Waals surface area contributed by atoms with Gasteiger partial charge in [0.2, 0.25) is 5.91 Å². The summed E-state index contributed by atoms with van der Waals surface area (Å²) in [5.41, 5.74) is 0. The Labute approximate surface area is 108 Å². The lowest BCUT2D eigenvalue weighted by Gasteiger charge is -2.36. The van der Waals surface area contributed by atoms with Crippen LogP contribution in [0.25, 0.3) is 0 Å². The topological polar surface area (TPSA) is 66.8 Å². The van der Waals surface area contributed by atoms with E-state index in [1.807, 2.05) is 20.8 Å². The van der Waals surface area contributed by atoms with E-state index in [9.17, 15) is 9.59 Å². The van der Waals surface area contributed by atoms with E-state index in [-0.39, 0.29) is 24.3 Å². The van der Waals surface area contributed by atoms with Gasteiger partial charge in [-0.15, -0.1) is 0 Å². The maximum atomic E-state index is 12.5. The van der Waals surface area contributed by atoms with Gasteiger partial charge in [0.25, 0.3) is 0 Å². The molecule has 1 rings (SSSR count). The summed E-state index contributed by atoms with van der Waals surface area (Å²) >= 11 is 0. The molecule has 1 aliphatic heterocycles. The molecule has 0 spiro atoms. The molecule has 0 aromatic rings. The molecule has 0 bridgehead atoms. The van der Waals surface area contributed by atoms with Crippen LogP contribution in [0.2, 0.25) is 0 Å². The van der Waals surface area contributed by atoms with Gasteiger partial charge in [0.1, 0.15) is 0 Å². The summed E-state index contributed by atoms with van der Waals surface area (Å²) < 4.78 is 5.15. The molecule has 0 aromatic heterocycles. The summed E-state index contributed by atoms with van der Waals surface area (Å²) in [6.07, 6.45) is 1.73. The SMILES string of the molecule is CCCC(C(=O)N1CCOCC1C(=O)O)C(C)C. The third-order valence-electron chi connectivity index (χ3n) is 3.42. The van der Waals surface area contributed by atoms with E-state index < -0.39 is 12.0 Å². The van der Waals surface area contributed by atoms with Gasteiger partial charge in [-0.1, -0.05) is 27.2 Å². The Morgan fingerprint density at radius 3 is 2.61 bits per heavy atom. The second-order valence-corrected chi connectivity index (χ2v) is 5.10. The van der Waals surface area contributed by atoms with Crippen LogP contribution >= 0.6 is 0 Å². The van der Waals surface area contributed by atoms with E-state index >= 15 is 0 Å². The molecule has 2 atom stereocenters. The number of amides is 1. The number of carbonyl (C=O) groups is 2. The van der Waals surface area contributed by atoms with E-state index in [4.69, 9.17) is 9.84 Å². The molecule has 2 unspecified atom stereocenters. The summed E-state index contributed by atoms with van der Waals surface area (Å²) in [5.74, 6) is -0.880. The first-order valence-electron chi connectivity index (χ1n) is 6.60. The van der Waals surface area contributed by atoms with Crippen LogP contribution in [-0.2, 0) is 14.3 Å². The predicted molar refractivity (Wildman–Crippen MR) is 67.2 cm³/mol. The molecule has 0 aromatic carbocycles. The fourth-order valence-electron chi connectivity index (χ4n) is 2.34. The monoisotopic (exact) mass is 257 g/mol. The van der Waals surface area contributed by atoms with Gasteiger partial charge in [-0.2, -0.15) is 0 Å². The highest BCUT2D eigenvalue weighted by atomic mass is 16.5. The minimum Gasteiger partial charge on any atom is -0.480 e. The van der Waals surface area contributed by atoms with Crippen LogP contribution in [0.4, 0.5) is 0 Å². The van der Waals surface area contributed by atoms with Gasteiger partial charge >= 0.3 is 5.97 Å². The molecule has 5 heteroatoms. The number of ether oxygens (including phenoxy) is 1. The lowest BCUT2D eigenvalue weighted by atomic mass is 9.89. The molecule has 1 aliphatic rings. The van der Waals surface area contributed by atoms with Gasteiger partial charge in [-0.3, -0.25) is 4.79 Å². The molecule has 1 heterocycles. The Morgan fingerprint density at radius 1 is 1.44 bits per heavy atom. The van der Waals surface area contributed by atoms with Crippen molar-refractivity contribution in [3.63, 3.8) is 0 Å². The van der Waals surface area contributed by atoms with E-state index in [0.717, 1.165) is 12.8 Å². The molecule has 1 N–H and O–H groups in total. The molecular formula is C13H23NO4. The van der Waals surface area contributed by atoms with Crippen molar-refractivity contribution >= 4 is 11.9 Å². The normalized spacial score (nSPS) is 22.0. The molecule has 5 nitrogen and oxygen atoms in total. The number of carboxylic acid groups (broad SMARTS) is 1. The third-order valence-corrected chi connectivity index (χ3v) is 3.42. The van der Waals surface area contributed by atoms with Crippen LogP contribution in [0.5, 0.6) is 0 Å². The maximum Gasteiger partial charge on any atom is 0.328 e. The number of rotatable bonds is 5. The minimum atomic E-state index is -0.984. The van der Waals surface area contributed by atoms with Crippen molar-refractivity contribution < 1.29 is 19.4 Å². The van der Waals surface area contributed by atoms with Crippen LogP contribution in [0.3, 0.4) is 0 Å². The lowest BCUT2D eigenvalue weighted by molar-refractivity contribution is -0.161. The fraction of sp³-hybridized carbons (Fsp3) is 0.846. The molecule has 0 aliphatic carbocycles. The Kier molecular flexibility index (Phi) is 5.59. The van der Waals surface area contributed by atoms with Gasteiger partial charge in [0, 0.05) is 12.5 Å². The van der Waals surface area contributed by atoms with Crippen LogP contribution in [0.1, 0.15) is 33.6 Å². The number of morpholine rings is 1. The Morgan fingerprint density at radius 2 is 2.11 bits per heavy atom. The standard InChI is InChI=1S/C13H23NO4/c1-4-5-10(9(2)3)12(15)14-6-7-18-8-11(14)13(16)17/h9-11H,4-8H2,1-3H3,(H,16,17). The maximum absolute atomic E-state index is 12.5. The number of hydrogen-bond acceptors (Lipinski definition) is 3. The van der Waals surface area contributed by atoms with Crippen molar-refractivity contribution in [1.29, 1.82) is 0 Å². The van der Waals surface area contributed by atoms with Gasteiger partial charge in [0.15, 0.2) is 6.04 Å². The van der Waals surface area contributed by atoms with Crippen molar-refractivity contribution in [2.45, 2.75) is 39.7 Å². The zero-order chi connectivity index (χ0) is 13.7. The largest absolute Gasteiger partial charge is 0.480 e. The fourth-order valence-corrected chi connectivity index (χ4v) is 2.34. The second-order valence-electron chi connectivity index (χ2n) is 5.10. The zero-order valence-corrected chi connectivity index (χ0v) is 11.4. The molecule has 1 saturated heterocycles. The molecule has 0 radical (unpaired) electrons. The summed E-state index contributed by atoms with van der Waals surface area (Å²) in [7, 11) is 0. The number of hydrogen-bond donors (Lipinski definition) is 1. The molecule has 1 amide bonds. The number of nitrogens with zero attached hydrogens (tertiary/aromatic N) is 1. The average Bonchev–Trinajstić information content (AvgIpc) is 2.34. The van der Waals surface area contributed by atoms with E-state index in [0.29, 0.717) is 13.2 Å². The molecular weight excluding hydrogens is 234 g/mol. The lowest BCUT2D eigenvalue weighted by Crippen LogP contribution is -2.54. The highest BCUT2D eigenvalue weighted by molar-refractivity contribution is 5.85. The quantitative estimate of drug-likeness (QED) is 0.807. The van der Waals surface area contributed by atoms with Crippen LogP contribution in [0, 0.1) is 11.8 Å². The highest BCUT2D eigenvalue weighted by Crippen LogP contribution is 2.22. The zero-order valence-electron chi connectivity index (χ0n) is 11.4. The van der Waals surface area contributed by atoms with Crippen molar-refractivity contribution in [2.24, 2.45) is 11.8 Å². The summed E-state index contributed by atoms with van der Waals surface area (Å²) in [4.78, 5) is 25.1. The second kappa shape index (κ2) is 6.73. The first-order valence-corrected chi connectivity index (χ1v) is 6.60. The molecule has 1 fully saturated rings. The minimum absolute atomic E-state index is 0.0393. The van der Waals surface area contributed by atoms with E-state index in [1.165, 1.54) is 4.90 Å². The Hall–Kier alpha value is -1.10. The highest BCUT2D eigenvalue weighted by Gasteiger charge is 2.36. The smallest absolute Gasteiger partial charge is 0.328 e. The van der Waals surface area contributed by atoms with Gasteiger partial charge in [-0.05, 0) is 12.3 Å². The number of carboxylic acids is 1. The molecule has 104 valence electrons. The first-order chi connectivity index (χ1) is 8.49. The summed E-state index contributed by atoms with van der Waals surface area (Å²) in [5, 5.41) is 9.13. The van der Waals surface area contributed by atoms with Crippen molar-refractivity contribution in [3.8, 4) is 0 Å². The first kappa shape index (κ1) is 15.0. The Balaban J connectivity index is 2.80. The Bertz CT molecular complexity index is 303. The number of aliphatic carboxylic acids is 1. The van der Waals surface area contributed by atoms with Crippen LogP contribution in [0.15, 0.2) is 0 Å². The number of carbonyl (C=O) groups excluding carboxylic acids is 1. The van der Waals surface area contributed by atoms with Crippen molar-refractivity contribution in [3.05, 3.63) is 0 Å². The van der Waals surface area contributed by atoms with Crippen LogP contribution in [-0.4, -0.2) is 47.7 Å². The third kappa shape index (κ3) is 3.45. The summed E-state index contributed by atoms with van der Waals surface area (Å²) in [6, 6.07) is -0.829. The van der Waals surface area contributed by atoms with E-state index in [2.05, 4.69) is 0 Å². The average molecular weight is 257 g/mol. The summed E-state index contributed by atoms with van der Waals surface area (Å²) in [6.45, 7) is 6.95. The van der Waals surface area contributed by atoms with Gasteiger partial charge in [0.05, 0.1) is 13.2 Å². The van der Waals surface area contributed by atoms with Gasteiger partial charge in [-0.25, -0.2) is 4.79 Å². The van der Waals surface area contributed by atoms with Crippen molar-refractivity contribution in [2.75, 3.05) is 19.8 Å². The van der Waals surface area contributed by atoms with Crippen molar-refractivity contribution in [1.82, 2.24) is 4.90 Å². The molecule has 0 saturated carbocycles.